The second-order valence-corrected chi connectivity index (χ2v) is 7.72. The number of hydrogen-bond acceptors (Lipinski definition) is 6. The molecular formula is C22H14BrN3O4. The number of halogens is 1. The van der Waals surface area contributed by atoms with Gasteiger partial charge >= 0.3 is 0 Å². The molecule has 0 bridgehead atoms. The highest BCUT2D eigenvalue weighted by Crippen LogP contribution is 2.41. The van der Waals surface area contributed by atoms with E-state index in [1.54, 1.807) is 6.20 Å². The van der Waals surface area contributed by atoms with Crippen molar-refractivity contribution in [1.29, 1.82) is 0 Å². The molecule has 6 rings (SSSR count). The van der Waals surface area contributed by atoms with Crippen LogP contribution in [0.5, 0.6) is 23.0 Å². The predicted octanol–water partition coefficient (Wildman–Crippen LogP) is 5.03. The fraction of sp³-hybridized carbons (Fsp3) is 0.0909. The van der Waals surface area contributed by atoms with E-state index in [9.17, 15) is 0 Å². The van der Waals surface area contributed by atoms with Crippen LogP contribution in [0.2, 0.25) is 0 Å². The van der Waals surface area contributed by atoms with Gasteiger partial charge in [-0.2, -0.15) is 0 Å². The van der Waals surface area contributed by atoms with Gasteiger partial charge in [0.25, 0.3) is 0 Å². The van der Waals surface area contributed by atoms with Crippen LogP contribution in [0, 0.1) is 0 Å². The topological polar surface area (TPSA) is 78.5 Å². The van der Waals surface area contributed by atoms with Crippen LogP contribution in [0.1, 0.15) is 0 Å². The summed E-state index contributed by atoms with van der Waals surface area (Å²) in [5, 5.41) is 0. The molecule has 30 heavy (non-hydrogen) atoms. The lowest BCUT2D eigenvalue weighted by molar-refractivity contribution is 0.173. The van der Waals surface area contributed by atoms with Gasteiger partial charge in [-0.3, -0.25) is 4.98 Å². The molecule has 0 saturated carbocycles. The number of pyridine rings is 1. The maximum Gasteiger partial charge on any atom is 0.231 e. The first kappa shape index (κ1) is 17.3. The number of rotatable bonds is 3. The molecule has 2 aromatic carbocycles. The van der Waals surface area contributed by atoms with E-state index in [2.05, 4.69) is 25.9 Å². The fourth-order valence-electron chi connectivity index (χ4n) is 3.52. The number of ether oxygens (including phenoxy) is 4. The van der Waals surface area contributed by atoms with Crippen molar-refractivity contribution in [2.24, 2.45) is 0 Å². The van der Waals surface area contributed by atoms with Crippen molar-refractivity contribution in [3.63, 3.8) is 0 Å². The molecule has 4 heterocycles. The zero-order valence-corrected chi connectivity index (χ0v) is 17.1. The molecule has 4 aromatic rings. The Bertz CT molecular complexity index is 1200. The van der Waals surface area contributed by atoms with E-state index in [1.807, 2.05) is 48.5 Å². The molecule has 0 radical (unpaired) electrons. The summed E-state index contributed by atoms with van der Waals surface area (Å²) in [4.78, 5) is 12.8. The first-order chi connectivity index (χ1) is 14.7. The minimum atomic E-state index is 0.225. The van der Waals surface area contributed by atoms with Gasteiger partial charge < -0.3 is 23.9 Å². The molecule has 2 aliphatic heterocycles. The predicted molar refractivity (Wildman–Crippen MR) is 113 cm³/mol. The minimum Gasteiger partial charge on any atom is -0.454 e. The number of fused-ring (bicyclic) bond motifs is 2. The average molecular weight is 464 g/mol. The second kappa shape index (κ2) is 6.77. The summed E-state index contributed by atoms with van der Waals surface area (Å²) in [6.45, 7) is 0.452. The van der Waals surface area contributed by atoms with Gasteiger partial charge in [0, 0.05) is 21.8 Å². The number of imidazole rings is 1. The highest BCUT2D eigenvalue weighted by molar-refractivity contribution is 9.10. The second-order valence-electron chi connectivity index (χ2n) is 6.81. The Morgan fingerprint density at radius 2 is 1.43 bits per heavy atom. The van der Waals surface area contributed by atoms with Crippen LogP contribution >= 0.6 is 15.9 Å². The maximum absolute atomic E-state index is 5.56. The Hall–Kier alpha value is -3.52. The number of aromatic amines is 1. The smallest absolute Gasteiger partial charge is 0.231 e. The monoisotopic (exact) mass is 463 g/mol. The van der Waals surface area contributed by atoms with Crippen molar-refractivity contribution in [1.82, 2.24) is 15.0 Å². The number of nitrogens with one attached hydrogen (secondary N) is 1. The molecule has 0 fully saturated rings. The van der Waals surface area contributed by atoms with Gasteiger partial charge in [-0.05, 0) is 64.5 Å². The summed E-state index contributed by atoms with van der Waals surface area (Å²) in [7, 11) is 0. The van der Waals surface area contributed by atoms with Crippen molar-refractivity contribution >= 4 is 15.9 Å². The molecule has 0 unspecified atom stereocenters. The number of nitrogens with zero attached hydrogens (tertiary/aromatic N) is 2. The molecule has 148 valence electrons. The van der Waals surface area contributed by atoms with Gasteiger partial charge in [-0.15, -0.1) is 0 Å². The zero-order valence-electron chi connectivity index (χ0n) is 15.5. The zero-order chi connectivity index (χ0) is 20.1. The van der Waals surface area contributed by atoms with Crippen LogP contribution in [-0.2, 0) is 0 Å². The quantitative estimate of drug-likeness (QED) is 0.459. The number of benzene rings is 2. The molecular weight excluding hydrogens is 450 g/mol. The Balaban J connectivity index is 1.52. The molecule has 0 amide bonds. The van der Waals surface area contributed by atoms with Gasteiger partial charge in [0.2, 0.25) is 13.6 Å². The normalized spacial score (nSPS) is 13.6. The first-order valence-corrected chi connectivity index (χ1v) is 10.1. The van der Waals surface area contributed by atoms with E-state index in [0.717, 1.165) is 44.2 Å². The maximum atomic E-state index is 5.56. The molecule has 0 spiro atoms. The van der Waals surface area contributed by atoms with Gasteiger partial charge in [-0.25, -0.2) is 4.98 Å². The van der Waals surface area contributed by atoms with Crippen molar-refractivity contribution in [2.75, 3.05) is 13.6 Å². The third-order valence-electron chi connectivity index (χ3n) is 4.98. The van der Waals surface area contributed by atoms with Crippen LogP contribution in [0.25, 0.3) is 34.0 Å². The molecule has 0 aliphatic carbocycles. The Morgan fingerprint density at radius 1 is 0.767 bits per heavy atom. The summed E-state index contributed by atoms with van der Waals surface area (Å²) in [5.41, 5.74) is 4.22. The SMILES string of the molecule is Brc1ccc(-c2nc(-c3ccc4c(c3)OCO4)c(-c3ccc4c(c3)OCO4)[nH]2)nc1. The van der Waals surface area contributed by atoms with Crippen molar-refractivity contribution < 1.29 is 18.9 Å². The molecule has 7 nitrogen and oxygen atoms in total. The van der Waals surface area contributed by atoms with Crippen LogP contribution in [0.3, 0.4) is 0 Å². The molecule has 2 aromatic heterocycles. The summed E-state index contributed by atoms with van der Waals surface area (Å²) in [6, 6.07) is 15.5. The van der Waals surface area contributed by atoms with Crippen LogP contribution in [0.4, 0.5) is 0 Å². The lowest BCUT2D eigenvalue weighted by Crippen LogP contribution is -1.93. The molecule has 0 saturated heterocycles. The third-order valence-corrected chi connectivity index (χ3v) is 5.45. The minimum absolute atomic E-state index is 0.225. The lowest BCUT2D eigenvalue weighted by Gasteiger charge is -2.05. The summed E-state index contributed by atoms with van der Waals surface area (Å²) >= 11 is 3.42. The Labute approximate surface area is 179 Å². The number of aromatic nitrogens is 3. The standard InChI is InChI=1S/C22H14BrN3O4/c23-14-3-4-15(24-9-14)22-25-20(12-1-5-16-18(7-12)29-10-27-16)21(26-22)13-2-6-17-19(8-13)30-11-28-17/h1-9H,10-11H2,(H,25,26). The fourth-order valence-corrected chi connectivity index (χ4v) is 3.76. The van der Waals surface area contributed by atoms with Crippen LogP contribution < -0.4 is 18.9 Å². The van der Waals surface area contributed by atoms with Crippen LogP contribution in [-0.4, -0.2) is 28.5 Å². The van der Waals surface area contributed by atoms with Crippen LogP contribution in [0.15, 0.2) is 59.2 Å². The van der Waals surface area contributed by atoms with E-state index < -0.39 is 0 Å². The molecule has 2 aliphatic rings. The van der Waals surface area contributed by atoms with E-state index in [1.165, 1.54) is 0 Å². The molecule has 1 N–H and O–H groups in total. The highest BCUT2D eigenvalue weighted by atomic mass is 79.9. The molecule has 8 heteroatoms. The van der Waals surface area contributed by atoms with Gasteiger partial charge in [0.1, 0.15) is 5.69 Å². The largest absolute Gasteiger partial charge is 0.454 e. The number of H-pyrrole nitrogens is 1. The summed E-state index contributed by atoms with van der Waals surface area (Å²) < 4.78 is 22.9. The summed E-state index contributed by atoms with van der Waals surface area (Å²) in [6.07, 6.45) is 1.75. The Morgan fingerprint density at radius 3 is 2.13 bits per heavy atom. The third kappa shape index (κ3) is 2.88. The van der Waals surface area contributed by atoms with E-state index in [-0.39, 0.29) is 13.6 Å². The van der Waals surface area contributed by atoms with Crippen molar-refractivity contribution in [3.8, 4) is 57.0 Å². The van der Waals surface area contributed by atoms with Gasteiger partial charge in [-0.1, -0.05) is 0 Å². The van der Waals surface area contributed by atoms with Crippen molar-refractivity contribution in [3.05, 3.63) is 59.2 Å². The van der Waals surface area contributed by atoms with E-state index in [4.69, 9.17) is 23.9 Å². The first-order valence-electron chi connectivity index (χ1n) is 9.26. The van der Waals surface area contributed by atoms with Gasteiger partial charge in [0.15, 0.2) is 28.8 Å². The Kier molecular flexibility index (Phi) is 3.92. The summed E-state index contributed by atoms with van der Waals surface area (Å²) in [5.74, 6) is 3.55. The highest BCUT2D eigenvalue weighted by Gasteiger charge is 2.22. The average Bonchev–Trinajstić information content (AvgIpc) is 3.51. The molecule has 0 atom stereocenters. The van der Waals surface area contributed by atoms with E-state index in [0.29, 0.717) is 17.3 Å². The van der Waals surface area contributed by atoms with Gasteiger partial charge in [0.05, 0.1) is 11.4 Å². The van der Waals surface area contributed by atoms with Crippen molar-refractivity contribution in [2.45, 2.75) is 0 Å². The number of hydrogen-bond donors (Lipinski definition) is 1. The van der Waals surface area contributed by atoms with E-state index >= 15 is 0 Å². The lowest BCUT2D eigenvalue weighted by atomic mass is 10.0.